The Morgan fingerprint density at radius 1 is 0.929 bits per heavy atom. The average Bonchev–Trinajstić information content (AvgIpc) is 2.68. The molecule has 0 heterocycles. The molecule has 0 saturated carbocycles. The van der Waals surface area contributed by atoms with E-state index in [-0.39, 0.29) is 11.1 Å². The molecule has 142 valence electrons. The van der Waals surface area contributed by atoms with E-state index in [2.05, 4.69) is 33.2 Å². The average molecular weight is 502 g/mol. The van der Waals surface area contributed by atoms with E-state index in [4.69, 9.17) is 17.0 Å². The van der Waals surface area contributed by atoms with E-state index in [9.17, 15) is 4.79 Å². The number of rotatable bonds is 4. The van der Waals surface area contributed by atoms with Crippen LogP contribution in [-0.2, 0) is 0 Å². The van der Waals surface area contributed by atoms with Gasteiger partial charge in [-0.15, -0.1) is 0 Å². The molecule has 0 aliphatic rings. The van der Waals surface area contributed by atoms with Crippen LogP contribution in [0.5, 0.6) is 5.75 Å². The first-order valence-electron chi connectivity index (χ1n) is 8.64. The highest BCUT2D eigenvalue weighted by Gasteiger charge is 2.09. The summed E-state index contributed by atoms with van der Waals surface area (Å²) >= 11 is 7.48. The van der Waals surface area contributed by atoms with Crippen molar-refractivity contribution in [3.63, 3.8) is 0 Å². The third-order valence-corrected chi connectivity index (χ3v) is 5.18. The molecular weight excluding hydrogens is 483 g/mol. The number of aryl methyl sites for hydroxylation is 1. The Morgan fingerprint density at radius 3 is 2.29 bits per heavy atom. The van der Waals surface area contributed by atoms with Gasteiger partial charge in [0.15, 0.2) is 0 Å². The van der Waals surface area contributed by atoms with Crippen LogP contribution < -0.4 is 15.4 Å². The molecule has 1 amide bonds. The van der Waals surface area contributed by atoms with Gasteiger partial charge in [0.2, 0.25) is 0 Å². The molecule has 0 radical (unpaired) electrons. The summed E-state index contributed by atoms with van der Waals surface area (Å²) in [5, 5.41) is 6.22. The lowest BCUT2D eigenvalue weighted by Gasteiger charge is -2.12. The lowest BCUT2D eigenvalue weighted by molar-refractivity contribution is 0.102. The van der Waals surface area contributed by atoms with Crippen molar-refractivity contribution in [2.45, 2.75) is 13.8 Å². The minimum Gasteiger partial charge on any atom is -0.432 e. The molecule has 3 aromatic carbocycles. The molecule has 28 heavy (non-hydrogen) atoms. The van der Waals surface area contributed by atoms with E-state index in [1.54, 1.807) is 24.3 Å². The van der Waals surface area contributed by atoms with Gasteiger partial charge in [-0.3, -0.25) is 4.79 Å². The molecule has 3 aromatic rings. The molecule has 4 nitrogen and oxygen atoms in total. The molecule has 2 N–H and O–H groups in total. The second-order valence-corrected chi connectivity index (χ2v) is 7.86. The topological polar surface area (TPSA) is 50.4 Å². The summed E-state index contributed by atoms with van der Waals surface area (Å²) in [5.41, 5.74) is 4.41. The molecular formula is C22H19IN2O2S. The highest BCUT2D eigenvalue weighted by atomic mass is 127. The van der Waals surface area contributed by atoms with E-state index in [0.29, 0.717) is 11.3 Å². The van der Waals surface area contributed by atoms with Crippen molar-refractivity contribution in [3.8, 4) is 5.75 Å². The number of anilines is 2. The van der Waals surface area contributed by atoms with Gasteiger partial charge in [-0.05, 0) is 114 Å². The smallest absolute Gasteiger partial charge is 0.266 e. The van der Waals surface area contributed by atoms with Gasteiger partial charge < -0.3 is 15.4 Å². The highest BCUT2D eigenvalue weighted by Crippen LogP contribution is 2.20. The zero-order valence-electron chi connectivity index (χ0n) is 15.5. The minimum absolute atomic E-state index is 0.167. The van der Waals surface area contributed by atoms with E-state index in [1.165, 1.54) is 0 Å². The summed E-state index contributed by atoms with van der Waals surface area (Å²) in [6.45, 7) is 4.01. The van der Waals surface area contributed by atoms with Crippen molar-refractivity contribution < 1.29 is 9.53 Å². The fourth-order valence-corrected chi connectivity index (χ4v) is 3.11. The first-order chi connectivity index (χ1) is 13.4. The summed E-state index contributed by atoms with van der Waals surface area (Å²) in [6.07, 6.45) is 0. The van der Waals surface area contributed by atoms with Gasteiger partial charge in [0.05, 0.1) is 0 Å². The Bertz CT molecular complexity index is 1000. The summed E-state index contributed by atoms with van der Waals surface area (Å²) in [5.74, 6) is 0.395. The number of ether oxygens (including phenoxy) is 1. The lowest BCUT2D eigenvalue weighted by atomic mass is 10.1. The third-order valence-electron chi connectivity index (χ3n) is 4.27. The Hall–Kier alpha value is -2.45. The monoisotopic (exact) mass is 502 g/mol. The summed E-state index contributed by atoms with van der Waals surface area (Å²) in [4.78, 5) is 12.5. The number of hydrogen-bond donors (Lipinski definition) is 2. The van der Waals surface area contributed by atoms with Crippen molar-refractivity contribution in [3.05, 3.63) is 87.0 Å². The number of benzene rings is 3. The maximum absolute atomic E-state index is 12.5. The van der Waals surface area contributed by atoms with Gasteiger partial charge >= 0.3 is 0 Å². The number of carbonyl (C=O) groups excluding carboxylic acids is 1. The van der Waals surface area contributed by atoms with Gasteiger partial charge in [0, 0.05) is 20.5 Å². The maximum atomic E-state index is 12.5. The summed E-state index contributed by atoms with van der Waals surface area (Å²) < 4.78 is 6.77. The van der Waals surface area contributed by atoms with Crippen LogP contribution in [0.4, 0.5) is 11.4 Å². The van der Waals surface area contributed by atoms with Crippen molar-refractivity contribution in [2.24, 2.45) is 0 Å². The van der Waals surface area contributed by atoms with Crippen LogP contribution >= 0.6 is 34.8 Å². The fourth-order valence-electron chi connectivity index (χ4n) is 2.54. The second-order valence-electron chi connectivity index (χ2n) is 6.25. The molecule has 0 spiro atoms. The Labute approximate surface area is 183 Å². The molecule has 0 saturated heterocycles. The molecule has 0 atom stereocenters. The minimum atomic E-state index is -0.167. The molecule has 0 aromatic heterocycles. The van der Waals surface area contributed by atoms with Crippen molar-refractivity contribution in [1.82, 2.24) is 0 Å². The number of thiocarbonyl (C=S) groups is 1. The molecule has 0 unspecified atom stereocenters. The highest BCUT2D eigenvalue weighted by molar-refractivity contribution is 14.1. The van der Waals surface area contributed by atoms with Gasteiger partial charge in [0.1, 0.15) is 5.75 Å². The molecule has 3 rings (SSSR count). The SMILES string of the molecule is Cc1cccc(NC(=O)c2ccc(OC(=S)Nc3ccc(I)cc3)cc2)c1C. The predicted molar refractivity (Wildman–Crippen MR) is 126 cm³/mol. The Kier molecular flexibility index (Phi) is 6.64. The van der Waals surface area contributed by atoms with Crippen molar-refractivity contribution >= 4 is 57.3 Å². The first-order valence-corrected chi connectivity index (χ1v) is 10.1. The van der Waals surface area contributed by atoms with Gasteiger partial charge in [-0.1, -0.05) is 12.1 Å². The third kappa shape index (κ3) is 5.30. The summed E-state index contributed by atoms with van der Waals surface area (Å²) in [7, 11) is 0. The Balaban J connectivity index is 1.61. The standard InChI is InChI=1S/C22H19IN2O2S/c1-14-4-3-5-20(15(14)2)25-21(26)16-6-12-19(13-7-16)27-22(28)24-18-10-8-17(23)9-11-18/h3-13H,1-2H3,(H,24,28)(H,25,26). The van der Waals surface area contributed by atoms with E-state index >= 15 is 0 Å². The number of nitrogens with one attached hydrogen (secondary N) is 2. The largest absolute Gasteiger partial charge is 0.432 e. The zero-order chi connectivity index (χ0) is 20.1. The second kappa shape index (κ2) is 9.16. The van der Waals surface area contributed by atoms with Crippen LogP contribution in [0.1, 0.15) is 21.5 Å². The number of hydrogen-bond acceptors (Lipinski definition) is 3. The zero-order valence-corrected chi connectivity index (χ0v) is 18.4. The predicted octanol–water partition coefficient (Wildman–Crippen LogP) is 5.94. The van der Waals surface area contributed by atoms with E-state index < -0.39 is 0 Å². The molecule has 0 fully saturated rings. The quantitative estimate of drug-likeness (QED) is 0.343. The van der Waals surface area contributed by atoms with E-state index in [1.807, 2.05) is 56.3 Å². The van der Waals surface area contributed by atoms with Crippen LogP contribution in [0.2, 0.25) is 0 Å². The summed E-state index contributed by atoms with van der Waals surface area (Å²) in [6, 6.07) is 20.5. The number of halogens is 1. The number of amides is 1. The first kappa shape index (κ1) is 20.3. The van der Waals surface area contributed by atoms with Crippen LogP contribution in [0.25, 0.3) is 0 Å². The van der Waals surface area contributed by atoms with Crippen molar-refractivity contribution in [1.29, 1.82) is 0 Å². The molecule has 0 aliphatic heterocycles. The van der Waals surface area contributed by atoms with E-state index in [0.717, 1.165) is 26.1 Å². The number of carbonyl (C=O) groups is 1. The van der Waals surface area contributed by atoms with Gasteiger partial charge in [-0.25, -0.2) is 0 Å². The van der Waals surface area contributed by atoms with Crippen LogP contribution in [0.3, 0.4) is 0 Å². The van der Waals surface area contributed by atoms with Gasteiger partial charge in [-0.2, -0.15) is 0 Å². The van der Waals surface area contributed by atoms with Crippen LogP contribution in [0, 0.1) is 17.4 Å². The molecule has 0 aliphatic carbocycles. The van der Waals surface area contributed by atoms with Crippen molar-refractivity contribution in [2.75, 3.05) is 10.6 Å². The Morgan fingerprint density at radius 2 is 1.61 bits per heavy atom. The lowest BCUT2D eigenvalue weighted by Crippen LogP contribution is -2.16. The normalized spacial score (nSPS) is 10.2. The van der Waals surface area contributed by atoms with Gasteiger partial charge in [0.25, 0.3) is 11.1 Å². The van der Waals surface area contributed by atoms with Crippen LogP contribution in [0.15, 0.2) is 66.7 Å². The van der Waals surface area contributed by atoms with Crippen LogP contribution in [-0.4, -0.2) is 11.1 Å². The maximum Gasteiger partial charge on any atom is 0.266 e. The molecule has 6 heteroatoms. The fraction of sp³-hybridized carbons (Fsp3) is 0.0909. The molecule has 0 bridgehead atoms.